The second-order valence-electron chi connectivity index (χ2n) is 4.89. The topological polar surface area (TPSA) is 75.7 Å². The summed E-state index contributed by atoms with van der Waals surface area (Å²) in [7, 11) is -0.529. The van der Waals surface area contributed by atoms with Crippen LogP contribution in [0.5, 0.6) is 0 Å². The van der Waals surface area contributed by atoms with Crippen LogP contribution in [0.4, 0.5) is 0 Å². The maximum absolute atomic E-state index is 12.4. The van der Waals surface area contributed by atoms with Crippen molar-refractivity contribution in [3.05, 3.63) is 29.8 Å². The fourth-order valence-corrected chi connectivity index (χ4v) is 3.02. The molecule has 0 aliphatic heterocycles. The Balaban J connectivity index is 2.98. The van der Waals surface area contributed by atoms with Crippen LogP contribution in [0, 0.1) is 0 Å². The number of hydrogen-bond donors (Lipinski definition) is 1. The quantitative estimate of drug-likeness (QED) is 0.765. The van der Waals surface area contributed by atoms with Gasteiger partial charge in [0.15, 0.2) is 0 Å². The van der Waals surface area contributed by atoms with Crippen LogP contribution in [0.15, 0.2) is 29.2 Å². The average Bonchev–Trinajstić information content (AvgIpc) is 2.46. The van der Waals surface area contributed by atoms with Gasteiger partial charge in [-0.3, -0.25) is 4.79 Å². The molecule has 0 atom stereocenters. The van der Waals surface area contributed by atoms with Crippen molar-refractivity contribution >= 4 is 15.9 Å². The van der Waals surface area contributed by atoms with Crippen molar-refractivity contribution in [2.75, 3.05) is 27.3 Å². The highest BCUT2D eigenvalue weighted by Gasteiger charge is 2.23. The van der Waals surface area contributed by atoms with Crippen molar-refractivity contribution in [2.24, 2.45) is 0 Å². The zero-order chi connectivity index (χ0) is 16.0. The van der Waals surface area contributed by atoms with E-state index >= 15 is 0 Å². The Hall–Kier alpha value is -1.44. The molecule has 21 heavy (non-hydrogen) atoms. The first-order valence-corrected chi connectivity index (χ1v) is 8.10. The molecule has 0 aliphatic rings. The van der Waals surface area contributed by atoms with Crippen molar-refractivity contribution in [1.82, 2.24) is 9.62 Å². The van der Waals surface area contributed by atoms with Crippen LogP contribution in [0.3, 0.4) is 0 Å². The van der Waals surface area contributed by atoms with Crippen molar-refractivity contribution in [3.8, 4) is 0 Å². The first kappa shape index (κ1) is 17.6. The zero-order valence-corrected chi connectivity index (χ0v) is 13.6. The van der Waals surface area contributed by atoms with Gasteiger partial charge in [-0.2, -0.15) is 4.31 Å². The summed E-state index contributed by atoms with van der Waals surface area (Å²) in [6, 6.07) is 5.86. The van der Waals surface area contributed by atoms with Gasteiger partial charge in [-0.25, -0.2) is 8.42 Å². The first-order valence-electron chi connectivity index (χ1n) is 6.66. The van der Waals surface area contributed by atoms with E-state index in [-0.39, 0.29) is 16.8 Å². The predicted molar refractivity (Wildman–Crippen MR) is 80.7 cm³/mol. The molecule has 1 N–H and O–H groups in total. The standard InChI is InChI=1S/C14H22N2O4S/c1-11(2)16(3)21(18,19)13-7-5-6-12(10-13)14(17)15-8-9-20-4/h5-7,10-11H,8-9H2,1-4H3,(H,15,17). The summed E-state index contributed by atoms with van der Waals surface area (Å²) in [4.78, 5) is 12.0. The minimum Gasteiger partial charge on any atom is -0.383 e. The van der Waals surface area contributed by atoms with Crippen LogP contribution >= 0.6 is 0 Å². The monoisotopic (exact) mass is 314 g/mol. The molecule has 0 radical (unpaired) electrons. The van der Waals surface area contributed by atoms with E-state index in [1.165, 1.54) is 23.5 Å². The molecule has 1 aromatic rings. The van der Waals surface area contributed by atoms with Crippen LogP contribution < -0.4 is 5.32 Å². The Morgan fingerprint density at radius 1 is 1.38 bits per heavy atom. The molecule has 0 fully saturated rings. The Kier molecular flexibility index (Phi) is 6.32. The second kappa shape index (κ2) is 7.53. The number of nitrogens with zero attached hydrogens (tertiary/aromatic N) is 1. The number of hydrogen-bond acceptors (Lipinski definition) is 4. The van der Waals surface area contributed by atoms with Crippen LogP contribution in [0.25, 0.3) is 0 Å². The lowest BCUT2D eigenvalue weighted by molar-refractivity contribution is 0.0937. The maximum atomic E-state index is 12.4. The predicted octanol–water partition coefficient (Wildman–Crippen LogP) is 1.09. The lowest BCUT2D eigenvalue weighted by Crippen LogP contribution is -2.33. The molecular formula is C14H22N2O4S. The van der Waals surface area contributed by atoms with E-state index in [9.17, 15) is 13.2 Å². The van der Waals surface area contributed by atoms with Gasteiger partial charge in [-0.05, 0) is 32.0 Å². The number of ether oxygens (including phenoxy) is 1. The molecule has 7 heteroatoms. The minimum absolute atomic E-state index is 0.109. The van der Waals surface area contributed by atoms with Gasteiger partial charge >= 0.3 is 0 Å². The lowest BCUT2D eigenvalue weighted by Gasteiger charge is -2.21. The van der Waals surface area contributed by atoms with Gasteiger partial charge in [0.25, 0.3) is 5.91 Å². The van der Waals surface area contributed by atoms with Gasteiger partial charge in [0, 0.05) is 32.3 Å². The molecular weight excluding hydrogens is 292 g/mol. The van der Waals surface area contributed by atoms with Crippen molar-refractivity contribution in [2.45, 2.75) is 24.8 Å². The van der Waals surface area contributed by atoms with Crippen LogP contribution in [0.1, 0.15) is 24.2 Å². The van der Waals surface area contributed by atoms with E-state index in [1.807, 2.05) is 0 Å². The van der Waals surface area contributed by atoms with Gasteiger partial charge in [0.2, 0.25) is 10.0 Å². The smallest absolute Gasteiger partial charge is 0.251 e. The molecule has 118 valence electrons. The average molecular weight is 314 g/mol. The number of methoxy groups -OCH3 is 1. The van der Waals surface area contributed by atoms with Gasteiger partial charge in [-0.1, -0.05) is 6.07 Å². The molecule has 0 heterocycles. The lowest BCUT2D eigenvalue weighted by atomic mass is 10.2. The summed E-state index contributed by atoms with van der Waals surface area (Å²) in [5.41, 5.74) is 0.310. The normalized spacial score (nSPS) is 11.9. The summed E-state index contributed by atoms with van der Waals surface area (Å²) in [6.07, 6.45) is 0. The Morgan fingerprint density at radius 2 is 2.05 bits per heavy atom. The third kappa shape index (κ3) is 4.52. The number of benzene rings is 1. The largest absolute Gasteiger partial charge is 0.383 e. The summed E-state index contributed by atoms with van der Waals surface area (Å²) >= 11 is 0. The molecule has 0 saturated carbocycles. The Labute approximate surface area is 126 Å². The third-order valence-electron chi connectivity index (χ3n) is 3.09. The molecule has 1 amide bonds. The highest BCUT2D eigenvalue weighted by atomic mass is 32.2. The number of rotatable bonds is 7. The molecule has 0 saturated heterocycles. The molecule has 6 nitrogen and oxygen atoms in total. The molecule has 0 unspecified atom stereocenters. The molecule has 1 rings (SSSR count). The summed E-state index contributed by atoms with van der Waals surface area (Å²) in [6.45, 7) is 4.36. The minimum atomic E-state index is -3.59. The van der Waals surface area contributed by atoms with Crippen LogP contribution in [-0.4, -0.2) is 52.0 Å². The molecule has 0 bridgehead atoms. The van der Waals surface area contributed by atoms with E-state index in [1.54, 1.807) is 33.1 Å². The molecule has 1 aromatic carbocycles. The van der Waals surface area contributed by atoms with Crippen molar-refractivity contribution < 1.29 is 17.9 Å². The van der Waals surface area contributed by atoms with Crippen LogP contribution in [0.2, 0.25) is 0 Å². The zero-order valence-electron chi connectivity index (χ0n) is 12.8. The third-order valence-corrected chi connectivity index (χ3v) is 5.12. The molecule has 0 aliphatic carbocycles. The van der Waals surface area contributed by atoms with Gasteiger partial charge < -0.3 is 10.1 Å². The summed E-state index contributed by atoms with van der Waals surface area (Å²) < 4.78 is 30.9. The van der Waals surface area contributed by atoms with Crippen molar-refractivity contribution in [1.29, 1.82) is 0 Å². The van der Waals surface area contributed by atoms with E-state index in [0.29, 0.717) is 18.7 Å². The van der Waals surface area contributed by atoms with Gasteiger partial charge in [0.1, 0.15) is 0 Å². The Morgan fingerprint density at radius 3 is 2.62 bits per heavy atom. The molecule has 0 spiro atoms. The van der Waals surface area contributed by atoms with E-state index < -0.39 is 10.0 Å². The summed E-state index contributed by atoms with van der Waals surface area (Å²) in [5, 5.41) is 2.66. The SMILES string of the molecule is COCCNC(=O)c1cccc(S(=O)(=O)N(C)C(C)C)c1. The number of sulfonamides is 1. The fraction of sp³-hybridized carbons (Fsp3) is 0.500. The van der Waals surface area contributed by atoms with Crippen molar-refractivity contribution in [3.63, 3.8) is 0 Å². The number of carbonyl (C=O) groups excluding carboxylic acids is 1. The van der Waals surface area contributed by atoms with Gasteiger partial charge in [0.05, 0.1) is 11.5 Å². The first-order chi connectivity index (χ1) is 9.80. The van der Waals surface area contributed by atoms with E-state index in [0.717, 1.165) is 0 Å². The Bertz CT molecular complexity index is 584. The number of nitrogens with one attached hydrogen (secondary N) is 1. The van der Waals surface area contributed by atoms with Crippen LogP contribution in [-0.2, 0) is 14.8 Å². The van der Waals surface area contributed by atoms with E-state index in [2.05, 4.69) is 5.32 Å². The van der Waals surface area contributed by atoms with E-state index in [4.69, 9.17) is 4.74 Å². The maximum Gasteiger partial charge on any atom is 0.251 e. The summed E-state index contributed by atoms with van der Waals surface area (Å²) in [5.74, 6) is -0.323. The highest BCUT2D eigenvalue weighted by Crippen LogP contribution is 2.17. The highest BCUT2D eigenvalue weighted by molar-refractivity contribution is 7.89. The number of amides is 1. The molecule has 0 aromatic heterocycles. The number of carbonyl (C=O) groups is 1. The fourth-order valence-electron chi connectivity index (χ4n) is 1.61. The van der Waals surface area contributed by atoms with Gasteiger partial charge in [-0.15, -0.1) is 0 Å². The second-order valence-corrected chi connectivity index (χ2v) is 6.89.